The first-order valence-electron chi connectivity index (χ1n) is 5.79. The van der Waals surface area contributed by atoms with Crippen molar-refractivity contribution in [1.82, 2.24) is 5.32 Å². The number of carbonyl (C=O) groups is 1. The number of ether oxygens (including phenoxy) is 2. The fourth-order valence-electron chi connectivity index (χ4n) is 1.35. The Bertz CT molecular complexity index is 177. The highest BCUT2D eigenvalue weighted by molar-refractivity contribution is 5.76. The van der Waals surface area contributed by atoms with Gasteiger partial charge in [-0.3, -0.25) is 10.1 Å². The van der Waals surface area contributed by atoms with Gasteiger partial charge in [0.1, 0.15) is 0 Å². The van der Waals surface area contributed by atoms with E-state index in [1.165, 1.54) is 0 Å². The van der Waals surface area contributed by atoms with Crippen LogP contribution >= 0.6 is 0 Å². The maximum atomic E-state index is 10.9. The lowest BCUT2D eigenvalue weighted by Gasteiger charge is -2.11. The molecule has 0 aromatic rings. The number of primary amides is 1. The predicted octanol–water partition coefficient (Wildman–Crippen LogP) is 0.488. The monoisotopic (exact) mass is 232 g/mol. The van der Waals surface area contributed by atoms with Crippen molar-refractivity contribution in [3.8, 4) is 0 Å². The van der Waals surface area contributed by atoms with Crippen LogP contribution in [0.5, 0.6) is 0 Å². The molecule has 3 N–H and O–H groups in total. The molecule has 0 aliphatic heterocycles. The zero-order valence-electron chi connectivity index (χ0n) is 10.3. The van der Waals surface area contributed by atoms with Gasteiger partial charge in [0.2, 0.25) is 5.91 Å². The number of nitrogens with two attached hydrogens (primary N) is 1. The summed E-state index contributed by atoms with van der Waals surface area (Å²) in [4.78, 5) is 10.9. The van der Waals surface area contributed by atoms with Crippen molar-refractivity contribution >= 4 is 5.91 Å². The summed E-state index contributed by atoms with van der Waals surface area (Å²) in [5.41, 5.74) is 5.23. The Balaban J connectivity index is 3.22. The predicted molar refractivity (Wildman–Crippen MR) is 62.9 cm³/mol. The second-order valence-corrected chi connectivity index (χ2v) is 3.70. The van der Waals surface area contributed by atoms with Crippen molar-refractivity contribution in [3.05, 3.63) is 0 Å². The lowest BCUT2D eigenvalue weighted by molar-refractivity contribution is -0.122. The van der Waals surface area contributed by atoms with Gasteiger partial charge in [0.15, 0.2) is 0 Å². The van der Waals surface area contributed by atoms with Gasteiger partial charge < -0.3 is 15.2 Å². The Morgan fingerprint density at radius 1 is 1.44 bits per heavy atom. The quantitative estimate of drug-likeness (QED) is 0.401. The molecule has 0 saturated carbocycles. The summed E-state index contributed by atoms with van der Waals surface area (Å²) in [7, 11) is 1.67. The molecule has 0 radical (unpaired) electrons. The van der Waals surface area contributed by atoms with Crippen LogP contribution in [-0.4, -0.2) is 39.5 Å². The van der Waals surface area contributed by atoms with Crippen molar-refractivity contribution < 1.29 is 14.3 Å². The van der Waals surface area contributed by atoms with Gasteiger partial charge >= 0.3 is 0 Å². The minimum absolute atomic E-state index is 0.0269. The van der Waals surface area contributed by atoms with E-state index in [-0.39, 0.29) is 11.8 Å². The zero-order valence-corrected chi connectivity index (χ0v) is 10.3. The molecule has 0 aromatic carbocycles. The van der Waals surface area contributed by atoms with E-state index in [9.17, 15) is 4.79 Å². The third kappa shape index (κ3) is 8.64. The lowest BCUT2D eigenvalue weighted by atomic mass is 10.0. The van der Waals surface area contributed by atoms with Gasteiger partial charge in [-0.1, -0.05) is 6.92 Å². The summed E-state index contributed by atoms with van der Waals surface area (Å²) in [6.45, 7) is 4.65. The molecule has 0 fully saturated rings. The molecule has 0 aromatic heterocycles. The highest BCUT2D eigenvalue weighted by atomic mass is 16.5. The van der Waals surface area contributed by atoms with Crippen molar-refractivity contribution in [2.75, 3.05) is 33.6 Å². The topological polar surface area (TPSA) is 73.6 Å². The number of rotatable bonds is 11. The Kier molecular flexibility index (Phi) is 10.4. The van der Waals surface area contributed by atoms with Crippen LogP contribution in [0.2, 0.25) is 0 Å². The summed E-state index contributed by atoms with van der Waals surface area (Å²) in [5.74, 6) is -0.244. The van der Waals surface area contributed by atoms with E-state index in [2.05, 4.69) is 5.32 Å². The van der Waals surface area contributed by atoms with Crippen LogP contribution < -0.4 is 11.1 Å². The average molecular weight is 232 g/mol. The summed E-state index contributed by atoms with van der Waals surface area (Å²) in [6.07, 6.45) is 2.47. The Morgan fingerprint density at radius 2 is 2.19 bits per heavy atom. The molecule has 0 aliphatic carbocycles. The maximum absolute atomic E-state index is 10.9. The highest BCUT2D eigenvalue weighted by Gasteiger charge is 2.11. The van der Waals surface area contributed by atoms with E-state index in [1.807, 2.05) is 6.92 Å². The molecule has 0 spiro atoms. The second-order valence-electron chi connectivity index (χ2n) is 3.70. The van der Waals surface area contributed by atoms with Gasteiger partial charge in [0.25, 0.3) is 0 Å². The Hall–Kier alpha value is -0.650. The minimum atomic E-state index is -0.217. The van der Waals surface area contributed by atoms with Crippen LogP contribution in [0.1, 0.15) is 26.2 Å². The van der Waals surface area contributed by atoms with E-state index < -0.39 is 0 Å². The third-order valence-electron chi connectivity index (χ3n) is 2.41. The van der Waals surface area contributed by atoms with Crippen LogP contribution in [-0.2, 0) is 14.3 Å². The third-order valence-corrected chi connectivity index (χ3v) is 2.41. The highest BCUT2D eigenvalue weighted by Crippen LogP contribution is 2.05. The maximum Gasteiger partial charge on any atom is 0.220 e. The summed E-state index contributed by atoms with van der Waals surface area (Å²) >= 11 is 0. The number of carbonyl (C=O) groups excluding carboxylic acids is 1. The smallest absolute Gasteiger partial charge is 0.220 e. The fourth-order valence-corrected chi connectivity index (χ4v) is 1.35. The first-order valence-corrected chi connectivity index (χ1v) is 5.79. The molecule has 0 saturated heterocycles. The molecule has 0 heterocycles. The Labute approximate surface area is 97.7 Å². The molecular weight excluding hydrogens is 208 g/mol. The lowest BCUT2D eigenvalue weighted by Crippen LogP contribution is -2.28. The van der Waals surface area contributed by atoms with Crippen LogP contribution in [0.4, 0.5) is 0 Å². The van der Waals surface area contributed by atoms with Gasteiger partial charge in [-0.05, 0) is 25.8 Å². The molecule has 1 atom stereocenters. The molecule has 96 valence electrons. The van der Waals surface area contributed by atoms with Crippen molar-refractivity contribution in [2.24, 2.45) is 11.7 Å². The number of hydrogen-bond donors (Lipinski definition) is 2. The van der Waals surface area contributed by atoms with Gasteiger partial charge in [0, 0.05) is 19.6 Å². The van der Waals surface area contributed by atoms with Crippen molar-refractivity contribution in [2.45, 2.75) is 26.2 Å². The van der Waals surface area contributed by atoms with Crippen molar-refractivity contribution in [3.63, 3.8) is 0 Å². The number of methoxy groups -OCH3 is 1. The molecule has 5 nitrogen and oxygen atoms in total. The first kappa shape index (κ1) is 15.3. The van der Waals surface area contributed by atoms with E-state index in [4.69, 9.17) is 15.2 Å². The summed E-state index contributed by atoms with van der Waals surface area (Å²) < 4.78 is 10.2. The molecule has 1 amide bonds. The largest absolute Gasteiger partial charge is 0.385 e. The van der Waals surface area contributed by atoms with Crippen LogP contribution in [0.15, 0.2) is 0 Å². The molecule has 0 bridgehead atoms. The van der Waals surface area contributed by atoms with Crippen molar-refractivity contribution in [1.29, 1.82) is 0 Å². The number of hydrogen-bond acceptors (Lipinski definition) is 4. The molecule has 0 aliphatic rings. The number of amides is 1. The minimum Gasteiger partial charge on any atom is -0.385 e. The van der Waals surface area contributed by atoms with E-state index in [0.29, 0.717) is 13.3 Å². The number of nitrogens with one attached hydrogen (secondary N) is 1. The van der Waals surface area contributed by atoms with E-state index in [0.717, 1.165) is 32.4 Å². The zero-order chi connectivity index (χ0) is 12.2. The first-order chi connectivity index (χ1) is 7.72. The average Bonchev–Trinajstić information content (AvgIpc) is 2.26. The molecule has 5 heteroatoms. The summed E-state index contributed by atoms with van der Waals surface area (Å²) in [5, 5.41) is 3.11. The van der Waals surface area contributed by atoms with Gasteiger partial charge in [-0.2, -0.15) is 0 Å². The normalized spacial score (nSPS) is 12.6. The van der Waals surface area contributed by atoms with Gasteiger partial charge in [-0.15, -0.1) is 0 Å². The van der Waals surface area contributed by atoms with Crippen LogP contribution in [0, 0.1) is 5.92 Å². The summed E-state index contributed by atoms with van der Waals surface area (Å²) in [6, 6.07) is 0. The molecular formula is C11H24N2O3. The van der Waals surface area contributed by atoms with E-state index >= 15 is 0 Å². The van der Waals surface area contributed by atoms with E-state index in [1.54, 1.807) is 7.11 Å². The molecule has 16 heavy (non-hydrogen) atoms. The van der Waals surface area contributed by atoms with Crippen LogP contribution in [0.3, 0.4) is 0 Å². The van der Waals surface area contributed by atoms with Gasteiger partial charge in [0.05, 0.1) is 13.3 Å². The van der Waals surface area contributed by atoms with Crippen LogP contribution in [0.25, 0.3) is 0 Å². The standard InChI is InChI=1S/C11H24N2O3/c1-3-10(11(12)14)5-6-13-9-16-8-4-7-15-2/h10,13H,3-9H2,1-2H3,(H2,12,14). The molecule has 1 unspecified atom stereocenters. The van der Waals surface area contributed by atoms with Gasteiger partial charge in [-0.25, -0.2) is 0 Å². The SMILES string of the molecule is CCC(CCNCOCCCOC)C(N)=O. The second kappa shape index (κ2) is 10.9. The fraction of sp³-hybridized carbons (Fsp3) is 0.909. The molecule has 0 rings (SSSR count). The Morgan fingerprint density at radius 3 is 2.75 bits per heavy atom.